The molecule has 2 rings (SSSR count). The SMILES string of the molecule is Cc1ccc(C(=O)CCC(=O)NCC(=O)Nc2ccc(C)cc2Cl)cc1. The van der Waals surface area contributed by atoms with Crippen LogP contribution in [0.15, 0.2) is 42.5 Å². The molecule has 0 fully saturated rings. The van der Waals surface area contributed by atoms with Gasteiger partial charge in [-0.2, -0.15) is 0 Å². The van der Waals surface area contributed by atoms with E-state index in [1.807, 2.05) is 32.0 Å². The van der Waals surface area contributed by atoms with Gasteiger partial charge >= 0.3 is 0 Å². The summed E-state index contributed by atoms with van der Waals surface area (Å²) in [4.78, 5) is 35.8. The van der Waals surface area contributed by atoms with Crippen LogP contribution >= 0.6 is 11.6 Å². The molecule has 0 bridgehead atoms. The first-order valence-electron chi connectivity index (χ1n) is 8.27. The smallest absolute Gasteiger partial charge is 0.243 e. The highest BCUT2D eigenvalue weighted by Crippen LogP contribution is 2.22. The zero-order valence-corrected chi connectivity index (χ0v) is 15.5. The fourth-order valence-electron chi connectivity index (χ4n) is 2.29. The van der Waals surface area contributed by atoms with E-state index in [2.05, 4.69) is 10.6 Å². The molecule has 5 nitrogen and oxygen atoms in total. The number of Topliss-reactive ketones (excluding diaryl/α,β-unsaturated/α-hetero) is 1. The predicted molar refractivity (Wildman–Crippen MR) is 103 cm³/mol. The molecule has 0 aliphatic rings. The highest BCUT2D eigenvalue weighted by molar-refractivity contribution is 6.33. The minimum absolute atomic E-state index is 0.0330. The summed E-state index contributed by atoms with van der Waals surface area (Å²) in [5, 5.41) is 5.58. The maximum atomic E-state index is 12.0. The van der Waals surface area contributed by atoms with E-state index in [9.17, 15) is 14.4 Å². The molecule has 0 aromatic heterocycles. The van der Waals surface area contributed by atoms with Crippen molar-refractivity contribution in [2.45, 2.75) is 26.7 Å². The molecule has 2 N–H and O–H groups in total. The minimum atomic E-state index is -0.381. The summed E-state index contributed by atoms with van der Waals surface area (Å²) in [6.07, 6.45) is 0.131. The number of hydrogen-bond donors (Lipinski definition) is 2. The lowest BCUT2D eigenvalue weighted by molar-refractivity contribution is -0.124. The van der Waals surface area contributed by atoms with Crippen molar-refractivity contribution in [3.8, 4) is 0 Å². The van der Waals surface area contributed by atoms with Gasteiger partial charge in [0.25, 0.3) is 0 Å². The van der Waals surface area contributed by atoms with Crippen LogP contribution in [0, 0.1) is 13.8 Å². The molecular weight excluding hydrogens is 352 g/mol. The molecular formula is C20H21ClN2O3. The lowest BCUT2D eigenvalue weighted by atomic mass is 10.1. The maximum Gasteiger partial charge on any atom is 0.243 e. The van der Waals surface area contributed by atoms with Gasteiger partial charge in [0.15, 0.2) is 5.78 Å². The second kappa shape index (κ2) is 9.15. The van der Waals surface area contributed by atoms with Crippen LogP contribution in [0.25, 0.3) is 0 Å². The molecule has 2 amide bonds. The van der Waals surface area contributed by atoms with Crippen molar-refractivity contribution in [2.75, 3.05) is 11.9 Å². The molecule has 0 unspecified atom stereocenters. The number of carbonyl (C=O) groups is 3. The summed E-state index contributed by atoms with van der Waals surface area (Å²) < 4.78 is 0. The van der Waals surface area contributed by atoms with Crippen molar-refractivity contribution in [1.29, 1.82) is 0 Å². The predicted octanol–water partition coefficient (Wildman–Crippen LogP) is 3.67. The fraction of sp³-hybridized carbons (Fsp3) is 0.250. The van der Waals surface area contributed by atoms with Gasteiger partial charge in [-0.15, -0.1) is 0 Å². The van der Waals surface area contributed by atoms with Gasteiger partial charge in [0.2, 0.25) is 11.8 Å². The van der Waals surface area contributed by atoms with Crippen LogP contribution in [0.5, 0.6) is 0 Å². The summed E-state index contributed by atoms with van der Waals surface area (Å²) >= 11 is 6.05. The highest BCUT2D eigenvalue weighted by atomic mass is 35.5. The number of halogens is 1. The Morgan fingerprint density at radius 3 is 2.19 bits per heavy atom. The van der Waals surface area contributed by atoms with E-state index in [0.29, 0.717) is 16.3 Å². The molecule has 0 spiro atoms. The molecule has 0 aliphatic heterocycles. The zero-order valence-electron chi connectivity index (χ0n) is 14.8. The van der Waals surface area contributed by atoms with Crippen molar-refractivity contribution < 1.29 is 14.4 Å². The molecule has 136 valence electrons. The van der Waals surface area contributed by atoms with Crippen LogP contribution in [0.1, 0.15) is 34.3 Å². The number of rotatable bonds is 7. The Labute approximate surface area is 157 Å². The number of ketones is 1. The van der Waals surface area contributed by atoms with Gasteiger partial charge in [-0.05, 0) is 31.5 Å². The summed E-state index contributed by atoms with van der Waals surface area (Å²) in [7, 11) is 0. The molecule has 0 aliphatic carbocycles. The van der Waals surface area contributed by atoms with Crippen molar-refractivity contribution >= 4 is 34.9 Å². The fourth-order valence-corrected chi connectivity index (χ4v) is 2.58. The van der Waals surface area contributed by atoms with Crippen LogP contribution in [-0.4, -0.2) is 24.1 Å². The maximum absolute atomic E-state index is 12.0. The average molecular weight is 373 g/mol. The molecule has 2 aromatic rings. The Morgan fingerprint density at radius 2 is 1.54 bits per heavy atom. The Morgan fingerprint density at radius 1 is 0.885 bits per heavy atom. The number of hydrogen-bond acceptors (Lipinski definition) is 3. The third-order valence-corrected chi connectivity index (χ3v) is 4.11. The molecule has 0 radical (unpaired) electrons. The van der Waals surface area contributed by atoms with Gasteiger partial charge < -0.3 is 10.6 Å². The van der Waals surface area contributed by atoms with E-state index in [1.165, 1.54) is 0 Å². The van der Waals surface area contributed by atoms with Crippen molar-refractivity contribution in [1.82, 2.24) is 5.32 Å². The minimum Gasteiger partial charge on any atom is -0.347 e. The van der Waals surface area contributed by atoms with Gasteiger partial charge in [-0.3, -0.25) is 14.4 Å². The largest absolute Gasteiger partial charge is 0.347 e. The summed E-state index contributed by atoms with van der Waals surface area (Å²) in [5.41, 5.74) is 3.12. The standard InChI is InChI=1S/C20H21ClN2O3/c1-13-3-6-15(7-4-13)18(24)9-10-19(25)22-12-20(26)23-17-8-5-14(2)11-16(17)21/h3-8,11H,9-10,12H2,1-2H3,(H,22,25)(H,23,26). The number of benzene rings is 2. The van der Waals surface area contributed by atoms with E-state index in [-0.39, 0.29) is 37.0 Å². The number of nitrogens with one attached hydrogen (secondary N) is 2. The summed E-state index contributed by atoms with van der Waals surface area (Å²) in [5.74, 6) is -0.833. The van der Waals surface area contributed by atoms with Crippen LogP contribution in [0.3, 0.4) is 0 Å². The first kappa shape index (κ1) is 19.7. The molecule has 2 aromatic carbocycles. The van der Waals surface area contributed by atoms with Crippen molar-refractivity contribution in [2.24, 2.45) is 0 Å². The number of carbonyl (C=O) groups excluding carboxylic acids is 3. The summed E-state index contributed by atoms with van der Waals surface area (Å²) in [6.45, 7) is 3.66. The Kier molecular flexibility index (Phi) is 6.92. The zero-order chi connectivity index (χ0) is 19.1. The Balaban J connectivity index is 1.74. The normalized spacial score (nSPS) is 10.3. The third kappa shape index (κ3) is 6.01. The number of aryl methyl sites for hydroxylation is 2. The van der Waals surface area contributed by atoms with Gasteiger partial charge in [-0.1, -0.05) is 47.5 Å². The van der Waals surface area contributed by atoms with Gasteiger partial charge in [-0.25, -0.2) is 0 Å². The van der Waals surface area contributed by atoms with Crippen molar-refractivity contribution in [3.05, 3.63) is 64.2 Å². The van der Waals surface area contributed by atoms with E-state index >= 15 is 0 Å². The Bertz CT molecular complexity index is 816. The van der Waals surface area contributed by atoms with Crippen LogP contribution in [0.4, 0.5) is 5.69 Å². The first-order chi connectivity index (χ1) is 12.3. The monoisotopic (exact) mass is 372 g/mol. The van der Waals surface area contributed by atoms with E-state index in [4.69, 9.17) is 11.6 Å². The quantitative estimate of drug-likeness (QED) is 0.728. The highest BCUT2D eigenvalue weighted by Gasteiger charge is 2.11. The van der Waals surface area contributed by atoms with Crippen LogP contribution < -0.4 is 10.6 Å². The molecule has 6 heteroatoms. The van der Waals surface area contributed by atoms with E-state index in [0.717, 1.165) is 11.1 Å². The topological polar surface area (TPSA) is 75.3 Å². The van der Waals surface area contributed by atoms with Gasteiger partial charge in [0.05, 0.1) is 17.3 Å². The van der Waals surface area contributed by atoms with Gasteiger partial charge in [0.1, 0.15) is 0 Å². The average Bonchev–Trinajstić information content (AvgIpc) is 2.61. The van der Waals surface area contributed by atoms with Crippen LogP contribution in [-0.2, 0) is 9.59 Å². The number of anilines is 1. The van der Waals surface area contributed by atoms with Gasteiger partial charge in [0, 0.05) is 18.4 Å². The molecule has 0 saturated carbocycles. The van der Waals surface area contributed by atoms with E-state index < -0.39 is 0 Å². The molecule has 0 heterocycles. The molecule has 0 atom stereocenters. The lowest BCUT2D eigenvalue weighted by Gasteiger charge is -2.09. The molecule has 26 heavy (non-hydrogen) atoms. The second-order valence-corrected chi connectivity index (χ2v) is 6.50. The van der Waals surface area contributed by atoms with E-state index in [1.54, 1.807) is 24.3 Å². The summed E-state index contributed by atoms with van der Waals surface area (Å²) in [6, 6.07) is 12.5. The number of amides is 2. The van der Waals surface area contributed by atoms with Crippen LogP contribution in [0.2, 0.25) is 5.02 Å². The Hall–Kier alpha value is -2.66. The first-order valence-corrected chi connectivity index (χ1v) is 8.65. The molecule has 0 saturated heterocycles. The lowest BCUT2D eigenvalue weighted by Crippen LogP contribution is -2.33. The third-order valence-electron chi connectivity index (χ3n) is 3.80. The second-order valence-electron chi connectivity index (χ2n) is 6.10. The van der Waals surface area contributed by atoms with Crippen molar-refractivity contribution in [3.63, 3.8) is 0 Å².